The van der Waals surface area contributed by atoms with E-state index in [-0.39, 0.29) is 0 Å². The number of aromatic carboxylic acids is 1. The molecule has 2 aromatic carbocycles. The van der Waals surface area contributed by atoms with Crippen LogP contribution in [0.25, 0.3) is 11.1 Å². The van der Waals surface area contributed by atoms with Crippen molar-refractivity contribution in [3.8, 4) is 11.1 Å². The van der Waals surface area contributed by atoms with E-state index in [0.29, 0.717) is 5.56 Å². The van der Waals surface area contributed by atoms with Gasteiger partial charge in [0.1, 0.15) is 0 Å². The van der Waals surface area contributed by atoms with Crippen LogP contribution in [0.5, 0.6) is 0 Å². The van der Waals surface area contributed by atoms with Gasteiger partial charge in [0.05, 0.1) is 5.56 Å². The lowest BCUT2D eigenvalue weighted by Crippen LogP contribution is -1.94. The first-order valence-electron chi connectivity index (χ1n) is 6.77. The fourth-order valence-electron chi connectivity index (χ4n) is 1.88. The lowest BCUT2D eigenvalue weighted by atomic mass is 10.0. The van der Waals surface area contributed by atoms with Crippen LogP contribution in [0, 0.1) is 0 Å². The van der Waals surface area contributed by atoms with Crippen LogP contribution in [-0.2, 0) is 0 Å². The molecule has 0 unspecified atom stereocenters. The Balaban J connectivity index is 2.07. The van der Waals surface area contributed by atoms with Crippen molar-refractivity contribution in [2.75, 3.05) is 5.75 Å². The number of carboxylic acid groups (broad SMARTS) is 1. The largest absolute Gasteiger partial charge is 0.478 e. The molecule has 1 N–H and O–H groups in total. The SMILES string of the molecule is CCCCSc1ccc(-c2ccc(C(=O)O)cc2)cc1. The zero-order chi connectivity index (χ0) is 14.4. The minimum Gasteiger partial charge on any atom is -0.478 e. The van der Waals surface area contributed by atoms with Gasteiger partial charge in [0.15, 0.2) is 0 Å². The lowest BCUT2D eigenvalue weighted by Gasteiger charge is -2.05. The highest BCUT2D eigenvalue weighted by atomic mass is 32.2. The molecular weight excluding hydrogens is 268 g/mol. The van der Waals surface area contributed by atoms with Gasteiger partial charge in [0.25, 0.3) is 0 Å². The van der Waals surface area contributed by atoms with Gasteiger partial charge in [-0.2, -0.15) is 0 Å². The molecule has 0 amide bonds. The minimum atomic E-state index is -0.890. The van der Waals surface area contributed by atoms with Gasteiger partial charge < -0.3 is 5.11 Å². The number of hydrogen-bond acceptors (Lipinski definition) is 2. The molecule has 0 atom stereocenters. The average Bonchev–Trinajstić information content (AvgIpc) is 2.48. The summed E-state index contributed by atoms with van der Waals surface area (Å²) >= 11 is 1.88. The highest BCUT2D eigenvalue weighted by Crippen LogP contribution is 2.25. The van der Waals surface area contributed by atoms with Gasteiger partial charge >= 0.3 is 5.97 Å². The Hall–Kier alpha value is -1.74. The van der Waals surface area contributed by atoms with Crippen LogP contribution in [-0.4, -0.2) is 16.8 Å². The van der Waals surface area contributed by atoms with Gasteiger partial charge in [0.2, 0.25) is 0 Å². The summed E-state index contributed by atoms with van der Waals surface area (Å²) in [5, 5.41) is 8.88. The number of hydrogen-bond donors (Lipinski definition) is 1. The Morgan fingerprint density at radius 3 is 2.05 bits per heavy atom. The number of unbranched alkanes of at least 4 members (excludes halogenated alkanes) is 1. The van der Waals surface area contributed by atoms with E-state index in [1.54, 1.807) is 12.1 Å². The second-order valence-corrected chi connectivity index (χ2v) is 5.78. The van der Waals surface area contributed by atoms with Crippen molar-refractivity contribution < 1.29 is 9.90 Å². The standard InChI is InChI=1S/C17H18O2S/c1-2-3-12-20-16-10-8-14(9-11-16)13-4-6-15(7-5-13)17(18)19/h4-11H,2-3,12H2,1H3,(H,18,19). The highest BCUT2D eigenvalue weighted by Gasteiger charge is 2.03. The topological polar surface area (TPSA) is 37.3 Å². The molecule has 0 saturated carbocycles. The van der Waals surface area contributed by atoms with Crippen LogP contribution in [0.4, 0.5) is 0 Å². The van der Waals surface area contributed by atoms with E-state index in [1.807, 2.05) is 23.9 Å². The number of thioether (sulfide) groups is 1. The quantitative estimate of drug-likeness (QED) is 0.603. The molecule has 20 heavy (non-hydrogen) atoms. The summed E-state index contributed by atoms with van der Waals surface area (Å²) in [6.07, 6.45) is 2.46. The van der Waals surface area contributed by atoms with Crippen molar-refractivity contribution in [2.24, 2.45) is 0 Å². The minimum absolute atomic E-state index is 0.320. The van der Waals surface area contributed by atoms with Crippen molar-refractivity contribution in [1.82, 2.24) is 0 Å². The zero-order valence-corrected chi connectivity index (χ0v) is 12.3. The van der Waals surface area contributed by atoms with E-state index in [1.165, 1.54) is 17.7 Å². The Bertz CT molecular complexity index is 559. The van der Waals surface area contributed by atoms with Gasteiger partial charge in [-0.25, -0.2) is 4.79 Å². The molecule has 0 aliphatic carbocycles. The summed E-state index contributed by atoms with van der Waals surface area (Å²) in [5.74, 6) is 0.266. The first kappa shape index (κ1) is 14.7. The predicted molar refractivity (Wildman–Crippen MR) is 84.5 cm³/mol. The molecule has 2 aromatic rings. The number of carboxylic acids is 1. The van der Waals surface area contributed by atoms with Crippen LogP contribution >= 0.6 is 11.8 Å². The third-order valence-corrected chi connectivity index (χ3v) is 4.18. The van der Waals surface area contributed by atoms with Crippen LogP contribution < -0.4 is 0 Å². The maximum atomic E-state index is 10.8. The molecule has 3 heteroatoms. The van der Waals surface area contributed by atoms with Gasteiger partial charge in [-0.05, 0) is 47.6 Å². The molecule has 104 valence electrons. The predicted octanol–water partition coefficient (Wildman–Crippen LogP) is 4.94. The van der Waals surface area contributed by atoms with Crippen LogP contribution in [0.2, 0.25) is 0 Å². The third-order valence-electron chi connectivity index (χ3n) is 3.09. The summed E-state index contributed by atoms with van der Waals surface area (Å²) < 4.78 is 0. The summed E-state index contributed by atoms with van der Waals surface area (Å²) in [5.41, 5.74) is 2.47. The van der Waals surface area contributed by atoms with Gasteiger partial charge in [-0.1, -0.05) is 37.6 Å². The summed E-state index contributed by atoms with van der Waals surface area (Å²) in [6, 6.07) is 15.4. The number of rotatable bonds is 6. The maximum absolute atomic E-state index is 10.8. The second kappa shape index (κ2) is 7.15. The molecule has 2 rings (SSSR count). The Morgan fingerprint density at radius 2 is 1.55 bits per heavy atom. The van der Waals surface area contributed by atoms with Crippen molar-refractivity contribution in [3.63, 3.8) is 0 Å². The van der Waals surface area contributed by atoms with Crippen LogP contribution in [0.1, 0.15) is 30.1 Å². The van der Waals surface area contributed by atoms with E-state index in [9.17, 15) is 4.79 Å². The molecule has 0 aliphatic rings. The fraction of sp³-hybridized carbons (Fsp3) is 0.235. The van der Waals surface area contributed by atoms with E-state index < -0.39 is 5.97 Å². The van der Waals surface area contributed by atoms with Gasteiger partial charge in [-0.3, -0.25) is 0 Å². The van der Waals surface area contributed by atoms with Gasteiger partial charge in [0, 0.05) is 4.90 Å². The summed E-state index contributed by atoms with van der Waals surface area (Å²) in [6.45, 7) is 2.20. The molecule has 0 spiro atoms. The average molecular weight is 286 g/mol. The van der Waals surface area contributed by atoms with Crippen molar-refractivity contribution >= 4 is 17.7 Å². The Labute approximate surface area is 123 Å². The normalized spacial score (nSPS) is 10.4. The first-order valence-corrected chi connectivity index (χ1v) is 7.76. The van der Waals surface area contributed by atoms with Crippen molar-refractivity contribution in [2.45, 2.75) is 24.7 Å². The van der Waals surface area contributed by atoms with Crippen molar-refractivity contribution in [3.05, 3.63) is 54.1 Å². The van der Waals surface area contributed by atoms with Gasteiger partial charge in [-0.15, -0.1) is 11.8 Å². The summed E-state index contributed by atoms with van der Waals surface area (Å²) in [4.78, 5) is 12.1. The molecule has 0 fully saturated rings. The molecule has 2 nitrogen and oxygen atoms in total. The van der Waals surface area contributed by atoms with Crippen LogP contribution in [0.15, 0.2) is 53.4 Å². The molecular formula is C17H18O2S. The molecule has 0 aliphatic heterocycles. The van der Waals surface area contributed by atoms with Crippen LogP contribution in [0.3, 0.4) is 0 Å². The molecule has 0 bridgehead atoms. The smallest absolute Gasteiger partial charge is 0.335 e. The van der Waals surface area contributed by atoms with E-state index in [0.717, 1.165) is 16.9 Å². The molecule has 0 saturated heterocycles. The zero-order valence-electron chi connectivity index (χ0n) is 11.5. The third kappa shape index (κ3) is 3.87. The first-order chi connectivity index (χ1) is 9.70. The number of carbonyl (C=O) groups is 1. The molecule has 0 radical (unpaired) electrons. The number of benzene rings is 2. The molecule has 0 aromatic heterocycles. The van der Waals surface area contributed by atoms with E-state index in [4.69, 9.17) is 5.11 Å². The van der Waals surface area contributed by atoms with Crippen molar-refractivity contribution in [1.29, 1.82) is 0 Å². The summed E-state index contributed by atoms with van der Waals surface area (Å²) in [7, 11) is 0. The van der Waals surface area contributed by atoms with E-state index >= 15 is 0 Å². The lowest BCUT2D eigenvalue weighted by molar-refractivity contribution is 0.0697. The fourth-order valence-corrected chi connectivity index (χ4v) is 2.88. The second-order valence-electron chi connectivity index (χ2n) is 4.61. The highest BCUT2D eigenvalue weighted by molar-refractivity contribution is 7.99. The Morgan fingerprint density at radius 1 is 1.00 bits per heavy atom. The molecule has 0 heterocycles. The Kier molecular flexibility index (Phi) is 5.24. The maximum Gasteiger partial charge on any atom is 0.335 e. The monoisotopic (exact) mass is 286 g/mol. The van der Waals surface area contributed by atoms with E-state index in [2.05, 4.69) is 31.2 Å².